The zero-order chi connectivity index (χ0) is 17.9. The van der Waals surface area contributed by atoms with Gasteiger partial charge in [0.05, 0.1) is 4.90 Å². The van der Waals surface area contributed by atoms with Gasteiger partial charge in [-0.05, 0) is 37.3 Å². The summed E-state index contributed by atoms with van der Waals surface area (Å²) in [5.74, 6) is -0.0882. The Balaban J connectivity index is 1.81. The van der Waals surface area contributed by atoms with E-state index in [2.05, 4.69) is 10.0 Å². The van der Waals surface area contributed by atoms with Crippen LogP contribution in [0.15, 0.2) is 59.5 Å². The summed E-state index contributed by atoms with van der Waals surface area (Å²) in [5, 5.41) is 3.25. The van der Waals surface area contributed by atoms with Crippen molar-refractivity contribution >= 4 is 21.6 Å². The molecule has 1 aliphatic heterocycles. The van der Waals surface area contributed by atoms with E-state index in [4.69, 9.17) is 0 Å². The predicted molar refractivity (Wildman–Crippen MR) is 97.1 cm³/mol. The van der Waals surface area contributed by atoms with Crippen molar-refractivity contribution in [2.24, 2.45) is 0 Å². The molecule has 6 nitrogen and oxygen atoms in total. The van der Waals surface area contributed by atoms with Gasteiger partial charge in [0, 0.05) is 36.9 Å². The fourth-order valence-electron chi connectivity index (χ4n) is 2.84. The summed E-state index contributed by atoms with van der Waals surface area (Å²) in [6, 6.07) is 14.9. The van der Waals surface area contributed by atoms with Gasteiger partial charge in [-0.25, -0.2) is 8.42 Å². The Morgan fingerprint density at radius 2 is 1.92 bits per heavy atom. The fraction of sp³-hybridized carbons (Fsp3) is 0.278. The van der Waals surface area contributed by atoms with Gasteiger partial charge >= 0.3 is 0 Å². The zero-order valence-corrected chi connectivity index (χ0v) is 14.8. The first-order chi connectivity index (χ1) is 12.0. The normalized spacial score (nSPS) is 18.0. The highest BCUT2D eigenvalue weighted by molar-refractivity contribution is 7.92. The van der Waals surface area contributed by atoms with Crippen molar-refractivity contribution in [2.45, 2.75) is 17.9 Å². The topological polar surface area (TPSA) is 78.5 Å². The number of carbonyl (C=O) groups excluding carboxylic acids is 1. The summed E-state index contributed by atoms with van der Waals surface area (Å²) >= 11 is 0. The number of hydrogen-bond acceptors (Lipinski definition) is 4. The zero-order valence-electron chi connectivity index (χ0n) is 14.0. The predicted octanol–water partition coefficient (Wildman–Crippen LogP) is 1.92. The van der Waals surface area contributed by atoms with Crippen molar-refractivity contribution in [1.29, 1.82) is 0 Å². The molecule has 0 spiro atoms. The molecule has 1 heterocycles. The quantitative estimate of drug-likeness (QED) is 0.874. The second-order valence-electron chi connectivity index (χ2n) is 6.05. The number of piperazine rings is 1. The third-order valence-electron chi connectivity index (χ3n) is 4.18. The van der Waals surface area contributed by atoms with E-state index in [0.29, 0.717) is 17.8 Å². The Morgan fingerprint density at radius 3 is 2.64 bits per heavy atom. The summed E-state index contributed by atoms with van der Waals surface area (Å²) < 4.78 is 27.4. The maximum Gasteiger partial charge on any atom is 0.261 e. The highest BCUT2D eigenvalue weighted by Crippen LogP contribution is 2.19. The molecule has 132 valence electrons. The first kappa shape index (κ1) is 17.4. The van der Waals surface area contributed by atoms with Crippen LogP contribution in [0.3, 0.4) is 0 Å². The van der Waals surface area contributed by atoms with E-state index in [1.165, 1.54) is 12.1 Å². The van der Waals surface area contributed by atoms with E-state index >= 15 is 0 Å². The van der Waals surface area contributed by atoms with Crippen molar-refractivity contribution in [3.63, 3.8) is 0 Å². The molecule has 0 aliphatic carbocycles. The Bertz CT molecular complexity index is 853. The van der Waals surface area contributed by atoms with E-state index < -0.39 is 10.0 Å². The lowest BCUT2D eigenvalue weighted by Crippen LogP contribution is -2.52. The van der Waals surface area contributed by atoms with Crippen LogP contribution in [-0.4, -0.2) is 44.9 Å². The molecule has 0 bridgehead atoms. The van der Waals surface area contributed by atoms with Gasteiger partial charge in [-0.1, -0.05) is 24.3 Å². The van der Waals surface area contributed by atoms with Gasteiger partial charge in [-0.2, -0.15) is 0 Å². The Morgan fingerprint density at radius 1 is 1.16 bits per heavy atom. The number of benzene rings is 2. The van der Waals surface area contributed by atoms with Crippen LogP contribution in [0.5, 0.6) is 0 Å². The van der Waals surface area contributed by atoms with Crippen LogP contribution in [-0.2, 0) is 10.0 Å². The van der Waals surface area contributed by atoms with E-state index in [1.54, 1.807) is 47.4 Å². The number of nitrogens with zero attached hydrogens (tertiary/aromatic N) is 1. The molecular weight excluding hydrogens is 338 g/mol. The number of hydrogen-bond donors (Lipinski definition) is 2. The van der Waals surface area contributed by atoms with Crippen molar-refractivity contribution in [3.05, 3.63) is 60.2 Å². The molecule has 2 aromatic rings. The summed E-state index contributed by atoms with van der Waals surface area (Å²) in [7, 11) is -3.68. The van der Waals surface area contributed by atoms with Crippen molar-refractivity contribution in [3.8, 4) is 0 Å². The van der Waals surface area contributed by atoms with Gasteiger partial charge < -0.3 is 10.2 Å². The summed E-state index contributed by atoms with van der Waals surface area (Å²) in [5.41, 5.74) is 0.847. The molecule has 1 atom stereocenters. The molecule has 0 saturated carbocycles. The molecule has 0 aromatic heterocycles. The highest BCUT2D eigenvalue weighted by atomic mass is 32.2. The fourth-order valence-corrected chi connectivity index (χ4v) is 3.91. The van der Waals surface area contributed by atoms with E-state index in [9.17, 15) is 13.2 Å². The first-order valence-electron chi connectivity index (χ1n) is 8.17. The summed E-state index contributed by atoms with van der Waals surface area (Å²) in [4.78, 5) is 14.7. The maximum atomic E-state index is 12.7. The SMILES string of the molecule is C[C@@H]1CNCCN1C(=O)c1cccc(NS(=O)(=O)c2ccccc2)c1. The second kappa shape index (κ2) is 7.25. The first-order valence-corrected chi connectivity index (χ1v) is 9.65. The van der Waals surface area contributed by atoms with Crippen LogP contribution in [0.2, 0.25) is 0 Å². The molecule has 1 amide bonds. The van der Waals surface area contributed by atoms with E-state index in [-0.39, 0.29) is 16.8 Å². The number of rotatable bonds is 4. The van der Waals surface area contributed by atoms with Crippen LogP contribution in [0, 0.1) is 0 Å². The summed E-state index contributed by atoms with van der Waals surface area (Å²) in [6.07, 6.45) is 0. The molecule has 0 radical (unpaired) electrons. The van der Waals surface area contributed by atoms with Crippen LogP contribution in [0.1, 0.15) is 17.3 Å². The number of sulfonamides is 1. The van der Waals surface area contributed by atoms with E-state index in [0.717, 1.165) is 13.1 Å². The molecule has 7 heteroatoms. The van der Waals surface area contributed by atoms with Gasteiger partial charge in [0.25, 0.3) is 15.9 Å². The highest BCUT2D eigenvalue weighted by Gasteiger charge is 2.24. The summed E-state index contributed by atoms with van der Waals surface area (Å²) in [6.45, 7) is 4.15. The Kier molecular flexibility index (Phi) is 5.06. The van der Waals surface area contributed by atoms with Crippen LogP contribution in [0.25, 0.3) is 0 Å². The third kappa shape index (κ3) is 4.00. The van der Waals surface area contributed by atoms with Gasteiger partial charge in [0.15, 0.2) is 0 Å². The lowest BCUT2D eigenvalue weighted by molar-refractivity contribution is 0.0656. The van der Waals surface area contributed by atoms with E-state index in [1.807, 2.05) is 6.92 Å². The lowest BCUT2D eigenvalue weighted by atomic mass is 10.1. The molecule has 3 rings (SSSR count). The molecule has 1 fully saturated rings. The van der Waals surface area contributed by atoms with Gasteiger partial charge in [0.1, 0.15) is 0 Å². The van der Waals surface area contributed by atoms with Crippen molar-refractivity contribution in [2.75, 3.05) is 24.4 Å². The van der Waals surface area contributed by atoms with Crippen LogP contribution in [0.4, 0.5) is 5.69 Å². The minimum absolute atomic E-state index is 0.0882. The monoisotopic (exact) mass is 359 g/mol. The second-order valence-corrected chi connectivity index (χ2v) is 7.73. The lowest BCUT2D eigenvalue weighted by Gasteiger charge is -2.34. The molecule has 2 aromatic carbocycles. The average molecular weight is 359 g/mol. The minimum Gasteiger partial charge on any atom is -0.333 e. The molecule has 1 saturated heterocycles. The Hall–Kier alpha value is -2.38. The maximum absolute atomic E-state index is 12.7. The molecular formula is C18H21N3O3S. The van der Waals surface area contributed by atoms with Crippen molar-refractivity contribution in [1.82, 2.24) is 10.2 Å². The number of anilines is 1. The smallest absolute Gasteiger partial charge is 0.261 e. The largest absolute Gasteiger partial charge is 0.333 e. The standard InChI is InChI=1S/C18H21N3O3S/c1-14-13-19-10-11-21(14)18(22)15-6-5-7-16(12-15)20-25(23,24)17-8-3-2-4-9-17/h2-9,12,14,19-20H,10-11,13H2,1H3/t14-/m1/s1. The molecule has 1 aliphatic rings. The minimum atomic E-state index is -3.68. The van der Waals surface area contributed by atoms with Crippen LogP contribution < -0.4 is 10.0 Å². The van der Waals surface area contributed by atoms with Gasteiger partial charge in [0.2, 0.25) is 0 Å². The third-order valence-corrected chi connectivity index (χ3v) is 5.57. The number of carbonyl (C=O) groups is 1. The number of amides is 1. The van der Waals surface area contributed by atoms with Crippen LogP contribution >= 0.6 is 0 Å². The van der Waals surface area contributed by atoms with Gasteiger partial charge in [-0.3, -0.25) is 9.52 Å². The van der Waals surface area contributed by atoms with Gasteiger partial charge in [-0.15, -0.1) is 0 Å². The average Bonchev–Trinajstić information content (AvgIpc) is 2.62. The molecule has 25 heavy (non-hydrogen) atoms. The molecule has 0 unspecified atom stereocenters. The van der Waals surface area contributed by atoms with Crippen molar-refractivity contribution < 1.29 is 13.2 Å². The molecule has 2 N–H and O–H groups in total. The Labute approximate surface area is 147 Å². The number of nitrogens with one attached hydrogen (secondary N) is 2.